The number of aromatic nitrogens is 2. The zero-order valence-corrected chi connectivity index (χ0v) is 7.16. The second-order valence-electron chi connectivity index (χ2n) is 2.09. The van der Waals surface area contributed by atoms with Crippen molar-refractivity contribution < 1.29 is 0 Å². The summed E-state index contributed by atoms with van der Waals surface area (Å²) in [6, 6.07) is 3.31. The van der Waals surface area contributed by atoms with Crippen LogP contribution in [0.1, 0.15) is 0 Å². The lowest BCUT2D eigenvalue weighted by molar-refractivity contribution is 0.948. The van der Waals surface area contributed by atoms with Crippen LogP contribution in [0.2, 0.25) is 0 Å². The van der Waals surface area contributed by atoms with Crippen molar-refractivity contribution in [2.24, 2.45) is 5.73 Å². The minimum Gasteiger partial charge on any atom is -0.315 e. The molecule has 5 heteroatoms. The van der Waals surface area contributed by atoms with E-state index < -0.39 is 6.04 Å². The summed E-state index contributed by atoms with van der Waals surface area (Å²) in [4.78, 5) is 7.74. The Morgan fingerprint density at radius 3 is 3.17 bits per heavy atom. The van der Waals surface area contributed by atoms with Crippen LogP contribution < -0.4 is 5.73 Å². The van der Waals surface area contributed by atoms with Gasteiger partial charge in [-0.2, -0.15) is 5.26 Å². The van der Waals surface area contributed by atoms with Crippen LogP contribution in [-0.2, 0) is 0 Å². The van der Waals surface area contributed by atoms with Crippen LogP contribution in [0.15, 0.2) is 23.6 Å². The number of hydrogen-bond donors (Lipinski definition) is 1. The van der Waals surface area contributed by atoms with E-state index in [-0.39, 0.29) is 0 Å². The fourth-order valence-electron chi connectivity index (χ4n) is 0.576. The summed E-state index contributed by atoms with van der Waals surface area (Å²) in [5.41, 5.74) is 5.40. The van der Waals surface area contributed by atoms with E-state index in [2.05, 4.69) is 9.97 Å². The Morgan fingerprint density at radius 1 is 1.75 bits per heavy atom. The average molecular weight is 180 g/mol. The van der Waals surface area contributed by atoms with E-state index in [1.807, 2.05) is 6.07 Å². The SMILES string of the molecule is N#CC(N)CSc1ccncn1. The fourth-order valence-corrected chi connectivity index (χ4v) is 1.28. The Balaban J connectivity index is 2.40. The topological polar surface area (TPSA) is 75.6 Å². The summed E-state index contributed by atoms with van der Waals surface area (Å²) in [7, 11) is 0. The molecule has 4 nitrogen and oxygen atoms in total. The van der Waals surface area contributed by atoms with Crippen molar-refractivity contribution in [3.8, 4) is 6.07 Å². The minimum atomic E-state index is -0.426. The van der Waals surface area contributed by atoms with Crippen LogP contribution in [0.25, 0.3) is 0 Å². The lowest BCUT2D eigenvalue weighted by atomic mass is 10.4. The molecule has 1 atom stereocenters. The van der Waals surface area contributed by atoms with E-state index in [1.165, 1.54) is 18.1 Å². The van der Waals surface area contributed by atoms with Crippen LogP contribution >= 0.6 is 11.8 Å². The van der Waals surface area contributed by atoms with Crippen LogP contribution in [0, 0.1) is 11.3 Å². The molecule has 0 aliphatic rings. The number of nitrogens with two attached hydrogens (primary N) is 1. The van der Waals surface area contributed by atoms with Gasteiger partial charge in [0.1, 0.15) is 12.4 Å². The molecule has 0 aliphatic heterocycles. The highest BCUT2D eigenvalue weighted by Gasteiger charge is 2.00. The molecule has 0 fully saturated rings. The van der Waals surface area contributed by atoms with Crippen molar-refractivity contribution in [1.82, 2.24) is 9.97 Å². The highest BCUT2D eigenvalue weighted by molar-refractivity contribution is 7.99. The van der Waals surface area contributed by atoms with Crippen LogP contribution in [0.4, 0.5) is 0 Å². The lowest BCUT2D eigenvalue weighted by Gasteiger charge is -2.00. The number of rotatable bonds is 3. The Labute approximate surface area is 74.8 Å². The van der Waals surface area contributed by atoms with Crippen molar-refractivity contribution in [3.05, 3.63) is 18.6 Å². The van der Waals surface area contributed by atoms with E-state index >= 15 is 0 Å². The molecule has 12 heavy (non-hydrogen) atoms. The summed E-state index contributed by atoms with van der Waals surface area (Å²) in [5.74, 6) is 0.563. The summed E-state index contributed by atoms with van der Waals surface area (Å²) in [6.07, 6.45) is 3.13. The molecule has 1 heterocycles. The van der Waals surface area contributed by atoms with Gasteiger partial charge in [-0.15, -0.1) is 11.8 Å². The van der Waals surface area contributed by atoms with Crippen LogP contribution in [-0.4, -0.2) is 21.8 Å². The molecule has 0 saturated heterocycles. The van der Waals surface area contributed by atoms with Gasteiger partial charge in [0.05, 0.1) is 11.1 Å². The molecule has 2 N–H and O–H groups in total. The van der Waals surface area contributed by atoms with Crippen molar-refractivity contribution in [3.63, 3.8) is 0 Å². The van der Waals surface area contributed by atoms with Gasteiger partial charge in [-0.1, -0.05) is 0 Å². The van der Waals surface area contributed by atoms with Crippen molar-refractivity contribution in [2.45, 2.75) is 11.1 Å². The second-order valence-corrected chi connectivity index (χ2v) is 3.13. The van der Waals surface area contributed by atoms with E-state index in [1.54, 1.807) is 12.3 Å². The van der Waals surface area contributed by atoms with Crippen LogP contribution in [0.3, 0.4) is 0 Å². The lowest BCUT2D eigenvalue weighted by Crippen LogP contribution is -2.19. The third-order valence-corrected chi connectivity index (χ3v) is 2.19. The van der Waals surface area contributed by atoms with Crippen LogP contribution in [0.5, 0.6) is 0 Å². The fraction of sp³-hybridized carbons (Fsp3) is 0.286. The van der Waals surface area contributed by atoms with E-state index in [0.717, 1.165) is 5.03 Å². The predicted octanol–water partition coefficient (Wildman–Crippen LogP) is 0.420. The molecule has 1 aromatic rings. The molecule has 0 amide bonds. The summed E-state index contributed by atoms with van der Waals surface area (Å²) < 4.78 is 0. The van der Waals surface area contributed by atoms with E-state index in [9.17, 15) is 0 Å². The molecule has 0 spiro atoms. The quantitative estimate of drug-likeness (QED) is 0.539. The monoisotopic (exact) mass is 180 g/mol. The molecule has 62 valence electrons. The first kappa shape index (κ1) is 8.97. The summed E-state index contributed by atoms with van der Waals surface area (Å²) in [6.45, 7) is 0. The van der Waals surface area contributed by atoms with Gasteiger partial charge in [0.25, 0.3) is 0 Å². The first-order valence-corrected chi connectivity index (χ1v) is 4.35. The maximum absolute atomic E-state index is 8.39. The average Bonchev–Trinajstić information content (AvgIpc) is 2.16. The molecule has 0 bridgehead atoms. The number of nitrogens with zero attached hydrogens (tertiary/aromatic N) is 3. The molecule has 0 radical (unpaired) electrons. The summed E-state index contributed by atoms with van der Waals surface area (Å²) >= 11 is 1.45. The molecule has 1 rings (SSSR count). The Hall–Kier alpha value is -1.12. The van der Waals surface area contributed by atoms with Crippen molar-refractivity contribution >= 4 is 11.8 Å². The number of hydrogen-bond acceptors (Lipinski definition) is 5. The van der Waals surface area contributed by atoms with E-state index in [0.29, 0.717) is 5.75 Å². The van der Waals surface area contributed by atoms with E-state index in [4.69, 9.17) is 11.0 Å². The molecule has 1 aromatic heterocycles. The van der Waals surface area contributed by atoms with Gasteiger partial charge in [0.15, 0.2) is 0 Å². The standard InChI is InChI=1S/C7H8N4S/c8-3-6(9)4-12-7-1-2-10-5-11-7/h1-2,5-6H,4,9H2. The Morgan fingerprint density at radius 2 is 2.58 bits per heavy atom. The molecular formula is C7H8N4S. The van der Waals surface area contributed by atoms with Crippen molar-refractivity contribution in [2.75, 3.05) is 5.75 Å². The molecule has 0 aliphatic carbocycles. The zero-order chi connectivity index (χ0) is 8.81. The van der Waals surface area contributed by atoms with Gasteiger partial charge in [-0.3, -0.25) is 0 Å². The maximum atomic E-state index is 8.39. The highest BCUT2D eigenvalue weighted by atomic mass is 32.2. The zero-order valence-electron chi connectivity index (χ0n) is 6.34. The van der Waals surface area contributed by atoms with Gasteiger partial charge >= 0.3 is 0 Å². The first-order valence-electron chi connectivity index (χ1n) is 3.37. The van der Waals surface area contributed by atoms with Gasteiger partial charge in [0, 0.05) is 11.9 Å². The second kappa shape index (κ2) is 4.70. The van der Waals surface area contributed by atoms with Gasteiger partial charge < -0.3 is 5.73 Å². The summed E-state index contributed by atoms with van der Waals surface area (Å²) in [5, 5.41) is 9.23. The highest BCUT2D eigenvalue weighted by Crippen LogP contribution is 2.13. The minimum absolute atomic E-state index is 0.426. The number of thioether (sulfide) groups is 1. The van der Waals surface area contributed by atoms with Gasteiger partial charge in [0.2, 0.25) is 0 Å². The largest absolute Gasteiger partial charge is 0.315 e. The smallest absolute Gasteiger partial charge is 0.116 e. The first-order chi connectivity index (χ1) is 5.83. The number of nitriles is 1. The Bertz CT molecular complexity index is 268. The molecule has 0 saturated carbocycles. The Kier molecular flexibility index (Phi) is 3.51. The van der Waals surface area contributed by atoms with Crippen molar-refractivity contribution in [1.29, 1.82) is 5.26 Å². The van der Waals surface area contributed by atoms with Gasteiger partial charge in [-0.05, 0) is 6.07 Å². The molecular weight excluding hydrogens is 172 g/mol. The normalized spacial score (nSPS) is 12.0. The predicted molar refractivity (Wildman–Crippen MR) is 46.3 cm³/mol. The van der Waals surface area contributed by atoms with Gasteiger partial charge in [-0.25, -0.2) is 9.97 Å². The third kappa shape index (κ3) is 2.86. The molecule has 1 unspecified atom stereocenters. The molecule has 0 aromatic carbocycles. The maximum Gasteiger partial charge on any atom is 0.116 e. The third-order valence-electron chi connectivity index (χ3n) is 1.13.